The maximum Gasteiger partial charge on any atom is 0.134 e. The Morgan fingerprint density at radius 1 is 1.05 bits per heavy atom. The van der Waals surface area contributed by atoms with Gasteiger partial charge in [0.05, 0.1) is 0 Å². The summed E-state index contributed by atoms with van der Waals surface area (Å²) < 4.78 is 19.8. The van der Waals surface area contributed by atoms with E-state index in [1.165, 1.54) is 17.5 Å². The zero-order valence-corrected chi connectivity index (χ0v) is 11.4. The van der Waals surface area contributed by atoms with Gasteiger partial charge in [-0.15, -0.1) is 0 Å². The lowest BCUT2D eigenvalue weighted by atomic mass is 10.1. The van der Waals surface area contributed by atoms with Crippen LogP contribution in [0.5, 0.6) is 5.75 Å². The van der Waals surface area contributed by atoms with Crippen molar-refractivity contribution in [1.29, 1.82) is 0 Å². The third-order valence-corrected chi connectivity index (χ3v) is 3.84. The van der Waals surface area contributed by atoms with Gasteiger partial charge in [0.1, 0.15) is 18.2 Å². The Hall–Kier alpha value is -1.87. The van der Waals surface area contributed by atoms with E-state index >= 15 is 0 Å². The summed E-state index contributed by atoms with van der Waals surface area (Å²) in [4.78, 5) is 0. The average molecular weight is 271 g/mol. The molecular weight excluding hydrogens is 253 g/mol. The molecule has 2 N–H and O–H groups in total. The second-order valence-corrected chi connectivity index (χ2v) is 5.17. The predicted molar refractivity (Wildman–Crippen MR) is 77.1 cm³/mol. The van der Waals surface area contributed by atoms with Crippen LogP contribution in [0.2, 0.25) is 0 Å². The van der Waals surface area contributed by atoms with Crippen LogP contribution in [0.3, 0.4) is 0 Å². The van der Waals surface area contributed by atoms with Gasteiger partial charge in [0, 0.05) is 17.7 Å². The Morgan fingerprint density at radius 3 is 2.70 bits per heavy atom. The van der Waals surface area contributed by atoms with Gasteiger partial charge >= 0.3 is 0 Å². The van der Waals surface area contributed by atoms with E-state index < -0.39 is 0 Å². The van der Waals surface area contributed by atoms with Crippen LogP contribution in [-0.2, 0) is 26.0 Å². The SMILES string of the molecule is NCc1cccc(COc2ccc3c(c2)CCC3)c1F. The first-order chi connectivity index (χ1) is 9.78. The van der Waals surface area contributed by atoms with Crippen LogP contribution in [0.1, 0.15) is 28.7 Å². The molecule has 0 fully saturated rings. The lowest BCUT2D eigenvalue weighted by Gasteiger charge is -2.10. The fourth-order valence-electron chi connectivity index (χ4n) is 2.70. The summed E-state index contributed by atoms with van der Waals surface area (Å²) in [6.45, 7) is 0.441. The molecule has 0 unspecified atom stereocenters. The summed E-state index contributed by atoms with van der Waals surface area (Å²) in [5.74, 6) is 0.555. The van der Waals surface area contributed by atoms with Gasteiger partial charge in [-0.1, -0.05) is 24.3 Å². The molecule has 2 nitrogen and oxygen atoms in total. The van der Waals surface area contributed by atoms with Crippen molar-refractivity contribution in [2.24, 2.45) is 5.73 Å². The van der Waals surface area contributed by atoms with Crippen molar-refractivity contribution < 1.29 is 9.13 Å². The van der Waals surface area contributed by atoms with E-state index in [0.29, 0.717) is 11.1 Å². The van der Waals surface area contributed by atoms with Crippen molar-refractivity contribution in [2.45, 2.75) is 32.4 Å². The van der Waals surface area contributed by atoms with Crippen LogP contribution in [-0.4, -0.2) is 0 Å². The first-order valence-corrected chi connectivity index (χ1v) is 6.99. The predicted octanol–water partition coefficient (Wildman–Crippen LogP) is 3.35. The first kappa shape index (κ1) is 13.1. The Kier molecular flexibility index (Phi) is 3.70. The van der Waals surface area contributed by atoms with E-state index in [4.69, 9.17) is 10.5 Å². The summed E-state index contributed by atoms with van der Waals surface area (Å²) in [5, 5.41) is 0. The van der Waals surface area contributed by atoms with Crippen molar-refractivity contribution in [2.75, 3.05) is 0 Å². The van der Waals surface area contributed by atoms with Gasteiger partial charge in [-0.2, -0.15) is 0 Å². The number of fused-ring (bicyclic) bond motifs is 1. The number of hydrogen-bond donors (Lipinski definition) is 1. The number of ether oxygens (including phenoxy) is 1. The number of aryl methyl sites for hydroxylation is 2. The van der Waals surface area contributed by atoms with Crippen LogP contribution in [0.25, 0.3) is 0 Å². The van der Waals surface area contributed by atoms with E-state index in [1.54, 1.807) is 12.1 Å². The summed E-state index contributed by atoms with van der Waals surface area (Å²) in [6.07, 6.45) is 3.48. The summed E-state index contributed by atoms with van der Waals surface area (Å²) >= 11 is 0. The molecular formula is C17H18FNO. The van der Waals surface area contributed by atoms with Crippen LogP contribution >= 0.6 is 0 Å². The van der Waals surface area contributed by atoms with Gasteiger partial charge in [0.15, 0.2) is 0 Å². The highest BCUT2D eigenvalue weighted by molar-refractivity contribution is 5.38. The molecule has 0 saturated heterocycles. The topological polar surface area (TPSA) is 35.2 Å². The standard InChI is InChI=1S/C17H18FNO/c18-17-14(10-19)5-2-6-15(17)11-20-16-8-7-12-3-1-4-13(12)9-16/h2,5-9H,1,3-4,10-11,19H2. The van der Waals surface area contributed by atoms with Crippen molar-refractivity contribution in [1.82, 2.24) is 0 Å². The van der Waals surface area contributed by atoms with E-state index in [9.17, 15) is 4.39 Å². The lowest BCUT2D eigenvalue weighted by Crippen LogP contribution is -2.05. The highest BCUT2D eigenvalue weighted by Gasteiger charge is 2.12. The third-order valence-electron chi connectivity index (χ3n) is 3.84. The monoisotopic (exact) mass is 271 g/mol. The molecule has 0 bridgehead atoms. The quantitative estimate of drug-likeness (QED) is 0.925. The van der Waals surface area contributed by atoms with Gasteiger partial charge in [0.2, 0.25) is 0 Å². The molecule has 0 aliphatic heterocycles. The molecule has 0 aromatic heterocycles. The normalized spacial score (nSPS) is 13.3. The molecule has 104 valence electrons. The first-order valence-electron chi connectivity index (χ1n) is 6.99. The maximum atomic E-state index is 14.0. The molecule has 3 rings (SSSR count). The van der Waals surface area contributed by atoms with Crippen molar-refractivity contribution in [3.63, 3.8) is 0 Å². The highest BCUT2D eigenvalue weighted by atomic mass is 19.1. The number of benzene rings is 2. The molecule has 20 heavy (non-hydrogen) atoms. The molecule has 3 heteroatoms. The van der Waals surface area contributed by atoms with E-state index in [0.717, 1.165) is 18.6 Å². The van der Waals surface area contributed by atoms with Gasteiger partial charge in [-0.3, -0.25) is 0 Å². The molecule has 0 saturated carbocycles. The molecule has 2 aromatic carbocycles. The van der Waals surface area contributed by atoms with E-state index in [-0.39, 0.29) is 19.0 Å². The highest BCUT2D eigenvalue weighted by Crippen LogP contribution is 2.26. The van der Waals surface area contributed by atoms with Crippen LogP contribution in [0.4, 0.5) is 4.39 Å². The van der Waals surface area contributed by atoms with Crippen molar-refractivity contribution in [3.05, 3.63) is 64.5 Å². The summed E-state index contributed by atoms with van der Waals surface area (Å²) in [6, 6.07) is 11.4. The Balaban J connectivity index is 1.73. The van der Waals surface area contributed by atoms with Gasteiger partial charge in [-0.25, -0.2) is 4.39 Å². The molecule has 0 radical (unpaired) electrons. The molecule has 0 spiro atoms. The minimum atomic E-state index is -0.254. The molecule has 1 aliphatic carbocycles. The van der Waals surface area contributed by atoms with Crippen LogP contribution < -0.4 is 10.5 Å². The second-order valence-electron chi connectivity index (χ2n) is 5.17. The molecule has 2 aromatic rings. The van der Waals surface area contributed by atoms with E-state index in [1.807, 2.05) is 12.1 Å². The molecule has 0 atom stereocenters. The smallest absolute Gasteiger partial charge is 0.134 e. The Morgan fingerprint density at radius 2 is 1.85 bits per heavy atom. The largest absolute Gasteiger partial charge is 0.489 e. The fourth-order valence-corrected chi connectivity index (χ4v) is 2.70. The lowest BCUT2D eigenvalue weighted by molar-refractivity contribution is 0.299. The number of rotatable bonds is 4. The van der Waals surface area contributed by atoms with Crippen LogP contribution in [0.15, 0.2) is 36.4 Å². The summed E-state index contributed by atoms with van der Waals surface area (Å²) in [7, 11) is 0. The maximum absolute atomic E-state index is 14.0. The molecule has 0 amide bonds. The number of halogens is 1. The molecule has 0 heterocycles. The Labute approximate surface area is 118 Å². The third kappa shape index (κ3) is 2.54. The van der Waals surface area contributed by atoms with Crippen molar-refractivity contribution in [3.8, 4) is 5.75 Å². The van der Waals surface area contributed by atoms with Gasteiger partial charge < -0.3 is 10.5 Å². The minimum Gasteiger partial charge on any atom is -0.489 e. The summed E-state index contributed by atoms with van der Waals surface area (Å²) in [5.41, 5.74) is 9.36. The van der Waals surface area contributed by atoms with Gasteiger partial charge in [-0.05, 0) is 42.5 Å². The van der Waals surface area contributed by atoms with Crippen LogP contribution in [0, 0.1) is 5.82 Å². The number of hydrogen-bond acceptors (Lipinski definition) is 2. The van der Waals surface area contributed by atoms with E-state index in [2.05, 4.69) is 12.1 Å². The fraction of sp³-hybridized carbons (Fsp3) is 0.294. The second kappa shape index (κ2) is 5.63. The van der Waals surface area contributed by atoms with Crippen molar-refractivity contribution >= 4 is 0 Å². The zero-order chi connectivity index (χ0) is 13.9. The Bertz CT molecular complexity index is 624. The van der Waals surface area contributed by atoms with Gasteiger partial charge in [0.25, 0.3) is 0 Å². The number of nitrogens with two attached hydrogens (primary N) is 1. The average Bonchev–Trinajstić information content (AvgIpc) is 2.93. The zero-order valence-electron chi connectivity index (χ0n) is 11.4. The minimum absolute atomic E-state index is 0.207. The molecule has 1 aliphatic rings.